The lowest BCUT2D eigenvalue weighted by Gasteiger charge is -2.21. The third kappa shape index (κ3) is 3.15. The molecule has 0 atom stereocenters. The molecule has 0 bridgehead atoms. The van der Waals surface area contributed by atoms with Crippen LogP contribution >= 0.6 is 0 Å². The zero-order valence-corrected chi connectivity index (χ0v) is 9.77. The lowest BCUT2D eigenvalue weighted by Crippen LogP contribution is -2.31. The summed E-state index contributed by atoms with van der Waals surface area (Å²) in [6, 6.07) is 7.53. The molecule has 2 N–H and O–H groups in total. The summed E-state index contributed by atoms with van der Waals surface area (Å²) in [6.07, 6.45) is 0.576. The van der Waals surface area contributed by atoms with Gasteiger partial charge in [0.1, 0.15) is 0 Å². The highest BCUT2D eigenvalue weighted by Gasteiger charge is 2.13. The molecule has 0 saturated carbocycles. The Hall–Kier alpha value is -1.71. The molecule has 0 radical (unpaired) electrons. The van der Waals surface area contributed by atoms with Crippen LogP contribution in [0.5, 0.6) is 0 Å². The Balaban J connectivity index is 2.75. The van der Waals surface area contributed by atoms with Gasteiger partial charge in [-0.2, -0.15) is 0 Å². The van der Waals surface area contributed by atoms with Gasteiger partial charge in [-0.15, -0.1) is 0 Å². The van der Waals surface area contributed by atoms with Crippen LogP contribution < -0.4 is 5.73 Å². The summed E-state index contributed by atoms with van der Waals surface area (Å²) in [6.45, 7) is 3.18. The number of amides is 1. The van der Waals surface area contributed by atoms with Gasteiger partial charge in [0.2, 0.25) is 0 Å². The molecule has 0 fully saturated rings. The molecule has 0 aliphatic carbocycles. The van der Waals surface area contributed by atoms with Crippen molar-refractivity contribution >= 4 is 11.8 Å². The van der Waals surface area contributed by atoms with Gasteiger partial charge in [0, 0.05) is 12.2 Å². The van der Waals surface area contributed by atoms with Crippen LogP contribution in [0.4, 0.5) is 10.5 Å². The maximum absolute atomic E-state index is 11.5. The Kier molecular flexibility index (Phi) is 4.64. The molecule has 1 amide bonds. The molecule has 0 aliphatic heterocycles. The molecule has 0 spiro atoms. The van der Waals surface area contributed by atoms with Gasteiger partial charge in [-0.25, -0.2) is 4.79 Å². The second kappa shape index (κ2) is 6.00. The van der Waals surface area contributed by atoms with Crippen LogP contribution in [0.3, 0.4) is 0 Å². The highest BCUT2D eigenvalue weighted by Crippen LogP contribution is 2.14. The molecule has 1 rings (SSSR count). The zero-order chi connectivity index (χ0) is 12.0. The van der Waals surface area contributed by atoms with Gasteiger partial charge >= 0.3 is 6.09 Å². The first-order valence-corrected chi connectivity index (χ1v) is 5.35. The summed E-state index contributed by atoms with van der Waals surface area (Å²) >= 11 is 0. The number of methoxy groups -OCH3 is 1. The van der Waals surface area contributed by atoms with Crippen molar-refractivity contribution in [3.63, 3.8) is 0 Å². The van der Waals surface area contributed by atoms with E-state index in [1.54, 1.807) is 4.90 Å². The van der Waals surface area contributed by atoms with Crippen molar-refractivity contribution < 1.29 is 9.53 Å². The van der Waals surface area contributed by atoms with Crippen molar-refractivity contribution in [2.75, 3.05) is 19.4 Å². The largest absolute Gasteiger partial charge is 0.453 e. The molecular formula is C12H18N2O2. The number of nitrogen functional groups attached to an aromatic ring is 1. The molecule has 1 aromatic carbocycles. The van der Waals surface area contributed by atoms with E-state index >= 15 is 0 Å². The second-order valence-electron chi connectivity index (χ2n) is 3.59. The number of carbonyl (C=O) groups is 1. The van der Waals surface area contributed by atoms with Crippen LogP contribution in [0.15, 0.2) is 24.3 Å². The first-order chi connectivity index (χ1) is 7.69. The lowest BCUT2D eigenvalue weighted by atomic mass is 10.1. The fraction of sp³-hybridized carbons (Fsp3) is 0.417. The predicted octanol–water partition coefficient (Wildman–Crippen LogP) is 2.25. The standard InChI is InChI=1S/C12H18N2O2/c1-3-8-14(12(15)16-2)9-10-6-4-5-7-11(10)13/h4-7H,3,8-9,13H2,1-2H3. The molecule has 16 heavy (non-hydrogen) atoms. The minimum Gasteiger partial charge on any atom is -0.453 e. The van der Waals surface area contributed by atoms with Crippen LogP contribution in [-0.4, -0.2) is 24.6 Å². The average Bonchev–Trinajstić information content (AvgIpc) is 2.30. The van der Waals surface area contributed by atoms with E-state index in [4.69, 9.17) is 10.5 Å². The van der Waals surface area contributed by atoms with Crippen LogP contribution in [-0.2, 0) is 11.3 Å². The van der Waals surface area contributed by atoms with Crippen LogP contribution in [0.1, 0.15) is 18.9 Å². The topological polar surface area (TPSA) is 55.6 Å². The molecule has 4 heteroatoms. The molecule has 4 nitrogen and oxygen atoms in total. The number of hydrogen-bond acceptors (Lipinski definition) is 3. The molecule has 0 unspecified atom stereocenters. The minimum absolute atomic E-state index is 0.315. The number of anilines is 1. The Morgan fingerprint density at radius 2 is 2.12 bits per heavy atom. The van der Waals surface area contributed by atoms with Crippen molar-refractivity contribution in [3.8, 4) is 0 Å². The number of para-hydroxylation sites is 1. The third-order valence-electron chi connectivity index (χ3n) is 2.34. The summed E-state index contributed by atoms with van der Waals surface area (Å²) in [5.74, 6) is 0. The number of carbonyl (C=O) groups excluding carboxylic acids is 1. The van der Waals surface area contributed by atoms with E-state index in [0.29, 0.717) is 18.8 Å². The van der Waals surface area contributed by atoms with Crippen LogP contribution in [0, 0.1) is 0 Å². The quantitative estimate of drug-likeness (QED) is 0.795. The van der Waals surface area contributed by atoms with E-state index in [1.165, 1.54) is 7.11 Å². The molecule has 0 saturated heterocycles. The van der Waals surface area contributed by atoms with E-state index in [1.807, 2.05) is 31.2 Å². The first kappa shape index (κ1) is 12.4. The van der Waals surface area contributed by atoms with E-state index in [9.17, 15) is 4.79 Å². The fourth-order valence-corrected chi connectivity index (χ4v) is 1.52. The summed E-state index contributed by atoms with van der Waals surface area (Å²) in [5.41, 5.74) is 7.47. The smallest absolute Gasteiger partial charge is 0.409 e. The van der Waals surface area contributed by atoms with Gasteiger partial charge < -0.3 is 15.4 Å². The molecule has 0 aliphatic rings. The number of benzene rings is 1. The van der Waals surface area contributed by atoms with E-state index < -0.39 is 0 Å². The lowest BCUT2D eigenvalue weighted by molar-refractivity contribution is 0.121. The first-order valence-electron chi connectivity index (χ1n) is 5.35. The van der Waals surface area contributed by atoms with E-state index in [2.05, 4.69) is 0 Å². The van der Waals surface area contributed by atoms with Gasteiger partial charge in [-0.05, 0) is 18.1 Å². The second-order valence-corrected chi connectivity index (χ2v) is 3.59. The van der Waals surface area contributed by atoms with Crippen molar-refractivity contribution in [1.82, 2.24) is 4.90 Å². The monoisotopic (exact) mass is 222 g/mol. The average molecular weight is 222 g/mol. The summed E-state index contributed by atoms with van der Waals surface area (Å²) in [7, 11) is 1.39. The van der Waals surface area contributed by atoms with Crippen molar-refractivity contribution in [1.29, 1.82) is 0 Å². The summed E-state index contributed by atoms with van der Waals surface area (Å²) in [5, 5.41) is 0. The maximum atomic E-state index is 11.5. The van der Waals surface area contributed by atoms with Crippen molar-refractivity contribution in [2.24, 2.45) is 0 Å². The summed E-state index contributed by atoms with van der Waals surface area (Å²) < 4.78 is 4.72. The van der Waals surface area contributed by atoms with Gasteiger partial charge in [0.25, 0.3) is 0 Å². The minimum atomic E-state index is -0.315. The Morgan fingerprint density at radius 1 is 1.44 bits per heavy atom. The third-order valence-corrected chi connectivity index (χ3v) is 2.34. The Morgan fingerprint density at radius 3 is 2.69 bits per heavy atom. The number of rotatable bonds is 4. The predicted molar refractivity (Wildman–Crippen MR) is 64.0 cm³/mol. The molecule has 0 heterocycles. The number of nitrogens with two attached hydrogens (primary N) is 1. The fourth-order valence-electron chi connectivity index (χ4n) is 1.52. The molecule has 0 aromatic heterocycles. The van der Waals surface area contributed by atoms with Crippen molar-refractivity contribution in [3.05, 3.63) is 29.8 Å². The van der Waals surface area contributed by atoms with Gasteiger partial charge in [-0.3, -0.25) is 0 Å². The normalized spacial score (nSPS) is 9.88. The molecule has 88 valence electrons. The van der Waals surface area contributed by atoms with Gasteiger partial charge in [0.15, 0.2) is 0 Å². The SMILES string of the molecule is CCCN(Cc1ccccc1N)C(=O)OC. The van der Waals surface area contributed by atoms with E-state index in [-0.39, 0.29) is 6.09 Å². The van der Waals surface area contributed by atoms with Crippen LogP contribution in [0.2, 0.25) is 0 Å². The Bertz CT molecular complexity index is 353. The maximum Gasteiger partial charge on any atom is 0.409 e. The van der Waals surface area contributed by atoms with Crippen LogP contribution in [0.25, 0.3) is 0 Å². The van der Waals surface area contributed by atoms with Crippen molar-refractivity contribution in [2.45, 2.75) is 19.9 Å². The Labute approximate surface area is 96.0 Å². The molecule has 1 aromatic rings. The molecular weight excluding hydrogens is 204 g/mol. The summed E-state index contributed by atoms with van der Waals surface area (Å²) in [4.78, 5) is 13.1. The van der Waals surface area contributed by atoms with Gasteiger partial charge in [0.05, 0.1) is 13.7 Å². The number of hydrogen-bond donors (Lipinski definition) is 1. The highest BCUT2D eigenvalue weighted by atomic mass is 16.5. The zero-order valence-electron chi connectivity index (χ0n) is 9.77. The number of nitrogens with zero attached hydrogens (tertiary/aromatic N) is 1. The number of ether oxygens (including phenoxy) is 1. The van der Waals surface area contributed by atoms with E-state index in [0.717, 1.165) is 12.0 Å². The van der Waals surface area contributed by atoms with Gasteiger partial charge in [-0.1, -0.05) is 25.1 Å². The highest BCUT2D eigenvalue weighted by molar-refractivity contribution is 5.67.